The minimum atomic E-state index is -4.63. The van der Waals surface area contributed by atoms with E-state index in [0.717, 1.165) is 25.0 Å². The van der Waals surface area contributed by atoms with Crippen molar-refractivity contribution in [3.8, 4) is 0 Å². The van der Waals surface area contributed by atoms with Crippen molar-refractivity contribution in [2.24, 2.45) is 0 Å². The van der Waals surface area contributed by atoms with Gasteiger partial charge in [0.15, 0.2) is 0 Å². The first kappa shape index (κ1) is 15.6. The van der Waals surface area contributed by atoms with Crippen LogP contribution < -0.4 is 5.32 Å². The third-order valence-corrected chi connectivity index (χ3v) is 3.78. The van der Waals surface area contributed by atoms with Gasteiger partial charge in [-0.15, -0.1) is 0 Å². The Labute approximate surface area is 118 Å². The zero-order valence-electron chi connectivity index (χ0n) is 11.1. The molecule has 0 unspecified atom stereocenters. The van der Waals surface area contributed by atoms with Crippen LogP contribution >= 0.6 is 0 Å². The molecule has 1 aliphatic rings. The first-order valence-electron chi connectivity index (χ1n) is 6.52. The molecule has 2 N–H and O–H groups in total. The van der Waals surface area contributed by atoms with E-state index in [9.17, 15) is 28.4 Å². The molecule has 1 fully saturated rings. The van der Waals surface area contributed by atoms with Crippen LogP contribution in [0.25, 0.3) is 0 Å². The summed E-state index contributed by atoms with van der Waals surface area (Å²) < 4.78 is 37.9. The van der Waals surface area contributed by atoms with Gasteiger partial charge in [0.05, 0.1) is 22.6 Å². The number of aliphatic hydroxyl groups is 1. The van der Waals surface area contributed by atoms with Crippen LogP contribution in [0.2, 0.25) is 0 Å². The molecular formula is C13H15F3N2O3. The van der Waals surface area contributed by atoms with Gasteiger partial charge in [0.1, 0.15) is 5.69 Å². The highest BCUT2D eigenvalue weighted by molar-refractivity contribution is 5.64. The van der Waals surface area contributed by atoms with Crippen LogP contribution in [0.4, 0.5) is 24.5 Å². The molecule has 1 aromatic rings. The third-order valence-electron chi connectivity index (χ3n) is 3.78. The van der Waals surface area contributed by atoms with Crippen LogP contribution in [-0.2, 0) is 6.18 Å². The monoisotopic (exact) mass is 304 g/mol. The summed E-state index contributed by atoms with van der Waals surface area (Å²) in [5, 5.41) is 23.4. The number of alkyl halides is 3. The summed E-state index contributed by atoms with van der Waals surface area (Å²) in [7, 11) is 0. The number of hydrogen-bond acceptors (Lipinski definition) is 4. The average Bonchev–Trinajstić information content (AvgIpc) is 2.87. The highest BCUT2D eigenvalue weighted by Crippen LogP contribution is 2.38. The topological polar surface area (TPSA) is 75.4 Å². The molecule has 0 heterocycles. The molecule has 2 rings (SSSR count). The Morgan fingerprint density at radius 1 is 1.33 bits per heavy atom. The summed E-state index contributed by atoms with van der Waals surface area (Å²) in [4.78, 5) is 10.2. The van der Waals surface area contributed by atoms with E-state index >= 15 is 0 Å². The Kier molecular flexibility index (Phi) is 4.08. The standard InChI is InChI=1S/C13H15F3N2O3/c14-13(15,16)9-3-4-10(11(7-9)18(20)21)17-12(8-19)5-1-2-6-12/h3-4,7,17,19H,1-2,5-6,8H2. The molecule has 1 aliphatic carbocycles. The fraction of sp³-hybridized carbons (Fsp3) is 0.538. The van der Waals surface area contributed by atoms with Crippen molar-refractivity contribution in [3.05, 3.63) is 33.9 Å². The van der Waals surface area contributed by atoms with Crippen LogP contribution in [0.5, 0.6) is 0 Å². The molecular weight excluding hydrogens is 289 g/mol. The second kappa shape index (κ2) is 5.51. The van der Waals surface area contributed by atoms with Gasteiger partial charge in [-0.1, -0.05) is 12.8 Å². The van der Waals surface area contributed by atoms with Gasteiger partial charge in [0.25, 0.3) is 5.69 Å². The van der Waals surface area contributed by atoms with E-state index in [-0.39, 0.29) is 12.3 Å². The number of hydrogen-bond donors (Lipinski definition) is 2. The fourth-order valence-corrected chi connectivity index (χ4v) is 2.62. The van der Waals surface area contributed by atoms with Gasteiger partial charge in [-0.25, -0.2) is 0 Å². The Bertz CT molecular complexity index is 540. The normalized spacial score (nSPS) is 17.7. The number of nitro groups is 1. The van der Waals surface area contributed by atoms with E-state index in [1.165, 1.54) is 0 Å². The molecule has 116 valence electrons. The van der Waals surface area contributed by atoms with Gasteiger partial charge in [0, 0.05) is 6.07 Å². The minimum absolute atomic E-state index is 0.00366. The number of halogens is 3. The number of rotatable bonds is 4. The molecule has 0 saturated heterocycles. The van der Waals surface area contributed by atoms with Crippen molar-refractivity contribution in [1.29, 1.82) is 0 Å². The first-order chi connectivity index (χ1) is 9.77. The fourth-order valence-electron chi connectivity index (χ4n) is 2.62. The largest absolute Gasteiger partial charge is 0.416 e. The van der Waals surface area contributed by atoms with Crippen molar-refractivity contribution in [2.75, 3.05) is 11.9 Å². The zero-order valence-corrected chi connectivity index (χ0v) is 11.1. The molecule has 0 spiro atoms. The Hall–Kier alpha value is -1.83. The van der Waals surface area contributed by atoms with Crippen LogP contribution in [0.1, 0.15) is 31.2 Å². The number of anilines is 1. The van der Waals surface area contributed by atoms with Gasteiger partial charge in [-0.2, -0.15) is 13.2 Å². The van der Waals surface area contributed by atoms with Crippen molar-refractivity contribution in [1.82, 2.24) is 0 Å². The maximum atomic E-state index is 12.6. The lowest BCUT2D eigenvalue weighted by Gasteiger charge is -2.29. The van der Waals surface area contributed by atoms with E-state index in [0.29, 0.717) is 18.9 Å². The Morgan fingerprint density at radius 3 is 2.43 bits per heavy atom. The number of nitro benzene ring substituents is 1. The third kappa shape index (κ3) is 3.26. The van der Waals surface area contributed by atoms with Crippen molar-refractivity contribution < 1.29 is 23.2 Å². The lowest BCUT2D eigenvalue weighted by molar-refractivity contribution is -0.384. The van der Waals surface area contributed by atoms with Gasteiger partial charge in [-0.05, 0) is 25.0 Å². The molecule has 8 heteroatoms. The van der Waals surface area contributed by atoms with Crippen molar-refractivity contribution >= 4 is 11.4 Å². The van der Waals surface area contributed by atoms with Crippen LogP contribution in [0.3, 0.4) is 0 Å². The molecule has 1 aromatic carbocycles. The molecule has 0 atom stereocenters. The first-order valence-corrected chi connectivity index (χ1v) is 6.52. The van der Waals surface area contributed by atoms with Gasteiger partial charge in [-0.3, -0.25) is 10.1 Å². The highest BCUT2D eigenvalue weighted by Gasteiger charge is 2.37. The number of benzene rings is 1. The molecule has 1 saturated carbocycles. The molecule has 0 aromatic heterocycles. The van der Waals surface area contributed by atoms with Crippen molar-refractivity contribution in [2.45, 2.75) is 37.4 Å². The molecule has 0 radical (unpaired) electrons. The lowest BCUT2D eigenvalue weighted by atomic mass is 9.98. The lowest BCUT2D eigenvalue weighted by Crippen LogP contribution is -2.39. The van der Waals surface area contributed by atoms with Crippen LogP contribution in [-0.4, -0.2) is 22.2 Å². The summed E-state index contributed by atoms with van der Waals surface area (Å²) in [6.07, 6.45) is -1.65. The molecule has 21 heavy (non-hydrogen) atoms. The highest BCUT2D eigenvalue weighted by atomic mass is 19.4. The molecule has 0 aliphatic heterocycles. The van der Waals surface area contributed by atoms with E-state index < -0.39 is 27.9 Å². The summed E-state index contributed by atoms with van der Waals surface area (Å²) in [6.45, 7) is -0.217. The number of nitrogens with zero attached hydrogens (tertiary/aromatic N) is 1. The summed E-state index contributed by atoms with van der Waals surface area (Å²) in [5.41, 5.74) is -2.39. The van der Waals surface area contributed by atoms with E-state index in [1.54, 1.807) is 0 Å². The van der Waals surface area contributed by atoms with Crippen molar-refractivity contribution in [3.63, 3.8) is 0 Å². The number of aliphatic hydroxyl groups excluding tert-OH is 1. The summed E-state index contributed by atoms with van der Waals surface area (Å²) in [5.74, 6) is 0. The quantitative estimate of drug-likeness (QED) is 0.661. The predicted octanol–water partition coefficient (Wildman–Crippen LogP) is 3.33. The Balaban J connectivity index is 2.37. The summed E-state index contributed by atoms with van der Waals surface area (Å²) >= 11 is 0. The minimum Gasteiger partial charge on any atom is -0.394 e. The molecule has 0 bridgehead atoms. The van der Waals surface area contributed by atoms with Gasteiger partial charge < -0.3 is 10.4 Å². The maximum absolute atomic E-state index is 12.6. The smallest absolute Gasteiger partial charge is 0.394 e. The zero-order chi connectivity index (χ0) is 15.7. The molecule has 0 amide bonds. The van der Waals surface area contributed by atoms with Gasteiger partial charge >= 0.3 is 6.18 Å². The predicted molar refractivity (Wildman–Crippen MR) is 70.0 cm³/mol. The average molecular weight is 304 g/mol. The molecule has 5 nitrogen and oxygen atoms in total. The van der Waals surface area contributed by atoms with Crippen LogP contribution in [0, 0.1) is 10.1 Å². The number of nitrogens with one attached hydrogen (secondary N) is 1. The summed E-state index contributed by atoms with van der Waals surface area (Å²) in [6, 6.07) is 2.37. The maximum Gasteiger partial charge on any atom is 0.416 e. The Morgan fingerprint density at radius 2 is 1.95 bits per heavy atom. The van der Waals surface area contributed by atoms with Gasteiger partial charge in [0.2, 0.25) is 0 Å². The van der Waals surface area contributed by atoms with E-state index in [1.807, 2.05) is 0 Å². The van der Waals surface area contributed by atoms with E-state index in [2.05, 4.69) is 5.32 Å². The van der Waals surface area contributed by atoms with Crippen LogP contribution in [0.15, 0.2) is 18.2 Å². The second-order valence-corrected chi connectivity index (χ2v) is 5.26. The second-order valence-electron chi connectivity index (χ2n) is 5.26. The SMILES string of the molecule is O=[N+]([O-])c1cc(C(F)(F)F)ccc1NC1(CO)CCCC1. The van der Waals surface area contributed by atoms with E-state index in [4.69, 9.17) is 0 Å².